The molecule has 1 amide bonds. The molecule has 0 saturated carbocycles. The van der Waals surface area contributed by atoms with Crippen LogP contribution in [-0.4, -0.2) is 30.3 Å². The molecule has 5 N–H and O–H groups in total. The molecule has 0 spiro atoms. The number of aromatic amines is 2. The molecule has 0 bridgehead atoms. The summed E-state index contributed by atoms with van der Waals surface area (Å²) in [6.07, 6.45) is 0.0802. The van der Waals surface area contributed by atoms with Crippen LogP contribution in [-0.2, 0) is 21.2 Å². The molecule has 1 unspecified atom stereocenters. The van der Waals surface area contributed by atoms with E-state index in [0.29, 0.717) is 0 Å². The van der Waals surface area contributed by atoms with E-state index in [4.69, 9.17) is 5.73 Å². The van der Waals surface area contributed by atoms with Gasteiger partial charge in [-0.15, -0.1) is 0 Å². The Labute approximate surface area is 153 Å². The molecule has 140 valence electrons. The van der Waals surface area contributed by atoms with E-state index < -0.39 is 33.2 Å². The molecule has 1 heterocycles. The molecular formula is C17H16N4O5S. The van der Waals surface area contributed by atoms with Crippen LogP contribution in [0.3, 0.4) is 0 Å². The molecule has 0 aliphatic rings. The molecule has 0 fully saturated rings. The summed E-state index contributed by atoms with van der Waals surface area (Å²) in [4.78, 5) is 39.1. The number of sulfonamides is 1. The summed E-state index contributed by atoms with van der Waals surface area (Å²) in [5, 5.41) is -0.00356. The fraction of sp³-hybridized carbons (Fsp3) is 0.118. The minimum atomic E-state index is -4.14. The Kier molecular flexibility index (Phi) is 4.93. The lowest BCUT2D eigenvalue weighted by Gasteiger charge is -2.16. The number of primary amides is 1. The highest BCUT2D eigenvalue weighted by Crippen LogP contribution is 2.15. The lowest BCUT2D eigenvalue weighted by atomic mass is 10.1. The quantitative estimate of drug-likeness (QED) is 0.452. The number of carbonyl (C=O) groups excluding carboxylic acids is 1. The number of aromatic nitrogens is 2. The minimum Gasteiger partial charge on any atom is -0.368 e. The zero-order valence-corrected chi connectivity index (χ0v) is 14.7. The lowest BCUT2D eigenvalue weighted by molar-refractivity contribution is -0.119. The van der Waals surface area contributed by atoms with Crippen molar-refractivity contribution in [2.45, 2.75) is 17.4 Å². The van der Waals surface area contributed by atoms with Crippen molar-refractivity contribution in [3.05, 3.63) is 74.9 Å². The topological polar surface area (TPSA) is 155 Å². The zero-order valence-electron chi connectivity index (χ0n) is 13.9. The highest BCUT2D eigenvalue weighted by atomic mass is 32.2. The third kappa shape index (κ3) is 4.13. The molecule has 27 heavy (non-hydrogen) atoms. The average Bonchev–Trinajstić information content (AvgIpc) is 2.61. The van der Waals surface area contributed by atoms with Gasteiger partial charge in [-0.2, -0.15) is 4.72 Å². The van der Waals surface area contributed by atoms with Crippen molar-refractivity contribution >= 4 is 26.8 Å². The lowest BCUT2D eigenvalue weighted by Crippen LogP contribution is -2.45. The Morgan fingerprint density at radius 2 is 1.78 bits per heavy atom. The molecule has 2 aromatic carbocycles. The van der Waals surface area contributed by atoms with Crippen molar-refractivity contribution in [1.29, 1.82) is 0 Å². The number of benzene rings is 2. The average molecular weight is 388 g/mol. The number of nitrogens with one attached hydrogen (secondary N) is 3. The molecule has 0 aliphatic carbocycles. The highest BCUT2D eigenvalue weighted by molar-refractivity contribution is 7.89. The van der Waals surface area contributed by atoms with Gasteiger partial charge >= 0.3 is 5.69 Å². The predicted molar refractivity (Wildman–Crippen MR) is 98.6 cm³/mol. The van der Waals surface area contributed by atoms with E-state index in [1.54, 1.807) is 30.3 Å². The van der Waals surface area contributed by atoms with Crippen LogP contribution in [0.25, 0.3) is 10.9 Å². The Morgan fingerprint density at radius 1 is 1.07 bits per heavy atom. The summed E-state index contributed by atoms with van der Waals surface area (Å²) in [7, 11) is -4.14. The van der Waals surface area contributed by atoms with Crippen LogP contribution in [0.15, 0.2) is 63.0 Å². The van der Waals surface area contributed by atoms with Crippen LogP contribution >= 0.6 is 0 Å². The van der Waals surface area contributed by atoms with Crippen LogP contribution < -0.4 is 21.7 Å². The SMILES string of the molecule is NC(=O)C(Cc1ccccc1)NS(=O)(=O)c1ccc2[nH]c(=O)[nH]c(=O)c2c1. The molecule has 1 atom stereocenters. The number of carbonyl (C=O) groups is 1. The molecule has 1 aromatic heterocycles. The summed E-state index contributed by atoms with van der Waals surface area (Å²) < 4.78 is 27.6. The van der Waals surface area contributed by atoms with E-state index in [9.17, 15) is 22.8 Å². The first-order chi connectivity index (χ1) is 12.8. The van der Waals surface area contributed by atoms with E-state index in [1.807, 2.05) is 4.98 Å². The normalized spacial score (nSPS) is 12.7. The maximum Gasteiger partial charge on any atom is 0.326 e. The van der Waals surface area contributed by atoms with Crippen LogP contribution in [0, 0.1) is 0 Å². The molecule has 0 radical (unpaired) electrons. The highest BCUT2D eigenvalue weighted by Gasteiger charge is 2.24. The smallest absolute Gasteiger partial charge is 0.326 e. The van der Waals surface area contributed by atoms with Crippen LogP contribution in [0.4, 0.5) is 0 Å². The Hall–Kier alpha value is -3.24. The van der Waals surface area contributed by atoms with Gasteiger partial charge in [0.1, 0.15) is 6.04 Å². The summed E-state index contributed by atoms with van der Waals surface area (Å²) in [6.45, 7) is 0. The molecule has 10 heteroatoms. The first-order valence-corrected chi connectivity index (χ1v) is 9.36. The van der Waals surface area contributed by atoms with Crippen molar-refractivity contribution in [3.8, 4) is 0 Å². The van der Waals surface area contributed by atoms with Gasteiger partial charge in [0.25, 0.3) is 5.56 Å². The fourth-order valence-corrected chi connectivity index (χ4v) is 3.85. The second-order valence-electron chi connectivity index (χ2n) is 5.88. The minimum absolute atomic E-state index is 0.00356. The predicted octanol–water partition coefficient (Wildman–Crippen LogP) is -0.409. The number of rotatable bonds is 6. The standard InChI is InChI=1S/C17H16N4O5S/c18-15(22)14(8-10-4-2-1-3-5-10)21-27(25,26)11-6-7-13-12(9-11)16(23)20-17(24)19-13/h1-7,9,14,21H,8H2,(H2,18,22)(H2,19,20,23,24). The molecule has 0 saturated heterocycles. The number of H-pyrrole nitrogens is 2. The van der Waals surface area contributed by atoms with E-state index in [-0.39, 0.29) is 22.2 Å². The van der Waals surface area contributed by atoms with Crippen molar-refractivity contribution in [2.24, 2.45) is 5.73 Å². The zero-order chi connectivity index (χ0) is 19.6. The van der Waals surface area contributed by atoms with Gasteiger partial charge in [0, 0.05) is 0 Å². The van der Waals surface area contributed by atoms with Crippen molar-refractivity contribution in [1.82, 2.24) is 14.7 Å². The van der Waals surface area contributed by atoms with E-state index in [2.05, 4.69) is 9.71 Å². The van der Waals surface area contributed by atoms with E-state index in [0.717, 1.165) is 11.6 Å². The first kappa shape index (κ1) is 18.5. The van der Waals surface area contributed by atoms with Crippen molar-refractivity contribution < 1.29 is 13.2 Å². The van der Waals surface area contributed by atoms with Gasteiger partial charge in [0.15, 0.2) is 0 Å². The number of amides is 1. The molecule has 3 aromatic rings. The van der Waals surface area contributed by atoms with Gasteiger partial charge in [-0.05, 0) is 30.2 Å². The number of nitrogens with two attached hydrogens (primary N) is 1. The third-order valence-electron chi connectivity index (χ3n) is 3.94. The molecular weight excluding hydrogens is 372 g/mol. The first-order valence-electron chi connectivity index (χ1n) is 7.88. The van der Waals surface area contributed by atoms with E-state index >= 15 is 0 Å². The Morgan fingerprint density at radius 3 is 2.44 bits per heavy atom. The summed E-state index contributed by atoms with van der Waals surface area (Å²) in [5.74, 6) is -0.828. The monoisotopic (exact) mass is 388 g/mol. The maximum atomic E-state index is 12.7. The van der Waals surface area contributed by atoms with Crippen molar-refractivity contribution in [3.63, 3.8) is 0 Å². The van der Waals surface area contributed by atoms with Gasteiger partial charge in [0.2, 0.25) is 15.9 Å². The molecule has 3 rings (SSSR count). The van der Waals surface area contributed by atoms with Gasteiger partial charge in [-0.1, -0.05) is 30.3 Å². The summed E-state index contributed by atoms with van der Waals surface area (Å²) in [5.41, 5.74) is 4.85. The fourth-order valence-electron chi connectivity index (χ4n) is 2.62. The molecule has 9 nitrogen and oxygen atoms in total. The van der Waals surface area contributed by atoms with Crippen molar-refractivity contribution in [2.75, 3.05) is 0 Å². The van der Waals surface area contributed by atoms with Gasteiger partial charge in [-0.3, -0.25) is 14.6 Å². The van der Waals surface area contributed by atoms with Gasteiger partial charge in [-0.25, -0.2) is 13.2 Å². The Bertz CT molecular complexity index is 1220. The van der Waals surface area contributed by atoms with E-state index in [1.165, 1.54) is 12.1 Å². The maximum absolute atomic E-state index is 12.7. The summed E-state index contributed by atoms with van der Waals surface area (Å²) in [6, 6.07) is 11.3. The van der Waals surface area contributed by atoms with Gasteiger partial charge < -0.3 is 10.7 Å². The Balaban J connectivity index is 1.95. The second-order valence-corrected chi connectivity index (χ2v) is 7.60. The second kappa shape index (κ2) is 7.17. The third-order valence-corrected chi connectivity index (χ3v) is 5.41. The largest absolute Gasteiger partial charge is 0.368 e. The number of hydrogen-bond acceptors (Lipinski definition) is 5. The van der Waals surface area contributed by atoms with Gasteiger partial charge in [0.05, 0.1) is 15.8 Å². The van der Waals surface area contributed by atoms with Crippen LogP contribution in [0.5, 0.6) is 0 Å². The number of fused-ring (bicyclic) bond motifs is 1. The van der Waals surface area contributed by atoms with Crippen LogP contribution in [0.2, 0.25) is 0 Å². The van der Waals surface area contributed by atoms with Crippen LogP contribution in [0.1, 0.15) is 5.56 Å². The number of hydrogen-bond donors (Lipinski definition) is 4. The summed E-state index contributed by atoms with van der Waals surface area (Å²) >= 11 is 0. The molecule has 0 aliphatic heterocycles.